The van der Waals surface area contributed by atoms with E-state index >= 15 is 0 Å². The van der Waals surface area contributed by atoms with Gasteiger partial charge in [-0.25, -0.2) is 8.78 Å². The summed E-state index contributed by atoms with van der Waals surface area (Å²) in [7, 11) is 0. The van der Waals surface area contributed by atoms with Gasteiger partial charge in [-0.2, -0.15) is 0 Å². The standard InChI is InChI=1S/C21H29F2N3O2/c1-13(2)21(28)26-9-6-14(7-10-26)20(27)25-19-12-24-8-5-16(19)15-3-4-17(22)18(23)11-15/h3-4,11,13-14,16,19,24H,5-10,12H2,1-2H3,(H,25,27). The number of carbonyl (C=O) groups excluding carboxylic acids is 2. The average molecular weight is 393 g/mol. The lowest BCUT2D eigenvalue weighted by atomic mass is 9.85. The zero-order valence-electron chi connectivity index (χ0n) is 16.5. The highest BCUT2D eigenvalue weighted by Crippen LogP contribution is 2.28. The summed E-state index contributed by atoms with van der Waals surface area (Å²) in [6.45, 7) is 6.34. The molecule has 2 aliphatic heterocycles. The monoisotopic (exact) mass is 393 g/mol. The summed E-state index contributed by atoms with van der Waals surface area (Å²) in [6.07, 6.45) is 2.05. The van der Waals surface area contributed by atoms with Crippen LogP contribution in [-0.4, -0.2) is 48.9 Å². The molecule has 2 amide bonds. The summed E-state index contributed by atoms with van der Waals surface area (Å²) in [6, 6.07) is 3.82. The van der Waals surface area contributed by atoms with Crippen molar-refractivity contribution in [3.05, 3.63) is 35.4 Å². The fraction of sp³-hybridized carbons (Fsp3) is 0.619. The summed E-state index contributed by atoms with van der Waals surface area (Å²) < 4.78 is 26.9. The zero-order valence-corrected chi connectivity index (χ0v) is 16.5. The highest BCUT2D eigenvalue weighted by molar-refractivity contribution is 5.81. The number of hydrogen-bond acceptors (Lipinski definition) is 3. The van der Waals surface area contributed by atoms with Crippen molar-refractivity contribution >= 4 is 11.8 Å². The minimum absolute atomic E-state index is 0.0158. The molecule has 1 aromatic rings. The van der Waals surface area contributed by atoms with E-state index in [1.54, 1.807) is 6.07 Å². The van der Waals surface area contributed by atoms with Crippen LogP contribution in [0.5, 0.6) is 0 Å². The van der Waals surface area contributed by atoms with E-state index in [0.29, 0.717) is 38.0 Å². The molecule has 1 aromatic carbocycles. The molecule has 0 aliphatic carbocycles. The second kappa shape index (κ2) is 8.99. The molecule has 0 bridgehead atoms. The largest absolute Gasteiger partial charge is 0.351 e. The highest BCUT2D eigenvalue weighted by Gasteiger charge is 2.32. The first-order valence-electron chi connectivity index (χ1n) is 10.1. The Morgan fingerprint density at radius 2 is 1.86 bits per heavy atom. The SMILES string of the molecule is CC(C)C(=O)N1CCC(C(=O)NC2CNCCC2c2ccc(F)c(F)c2)CC1. The molecule has 0 aromatic heterocycles. The Morgan fingerprint density at radius 3 is 2.50 bits per heavy atom. The lowest BCUT2D eigenvalue weighted by Gasteiger charge is -2.36. The van der Waals surface area contributed by atoms with Crippen molar-refractivity contribution in [3.63, 3.8) is 0 Å². The number of nitrogens with zero attached hydrogens (tertiary/aromatic N) is 1. The van der Waals surface area contributed by atoms with Gasteiger partial charge in [0.2, 0.25) is 11.8 Å². The van der Waals surface area contributed by atoms with Gasteiger partial charge < -0.3 is 15.5 Å². The summed E-state index contributed by atoms with van der Waals surface area (Å²) in [5.74, 6) is -1.81. The zero-order chi connectivity index (χ0) is 20.3. The minimum atomic E-state index is -0.860. The van der Waals surface area contributed by atoms with Crippen LogP contribution in [-0.2, 0) is 9.59 Å². The summed E-state index contributed by atoms with van der Waals surface area (Å²) in [4.78, 5) is 26.7. The van der Waals surface area contributed by atoms with Gasteiger partial charge in [-0.3, -0.25) is 9.59 Å². The molecule has 2 heterocycles. The van der Waals surface area contributed by atoms with E-state index in [9.17, 15) is 18.4 Å². The molecule has 28 heavy (non-hydrogen) atoms. The molecule has 2 aliphatic rings. The Bertz CT molecular complexity index is 718. The normalized spacial score (nSPS) is 23.7. The van der Waals surface area contributed by atoms with Crippen LogP contribution in [0.4, 0.5) is 8.78 Å². The number of hydrogen-bond donors (Lipinski definition) is 2. The Labute approximate surface area is 164 Å². The number of amides is 2. The van der Waals surface area contributed by atoms with Crippen molar-refractivity contribution in [3.8, 4) is 0 Å². The van der Waals surface area contributed by atoms with E-state index in [0.717, 1.165) is 19.0 Å². The number of piperidine rings is 2. The number of benzene rings is 1. The molecule has 2 fully saturated rings. The second-order valence-electron chi connectivity index (χ2n) is 8.14. The minimum Gasteiger partial charge on any atom is -0.351 e. The van der Waals surface area contributed by atoms with Crippen LogP contribution >= 0.6 is 0 Å². The molecule has 0 spiro atoms. The fourth-order valence-corrected chi connectivity index (χ4v) is 4.18. The van der Waals surface area contributed by atoms with Crippen molar-refractivity contribution in [1.82, 2.24) is 15.5 Å². The molecule has 5 nitrogen and oxygen atoms in total. The van der Waals surface area contributed by atoms with Gasteiger partial charge in [0.1, 0.15) is 0 Å². The molecule has 154 valence electrons. The van der Waals surface area contributed by atoms with Crippen molar-refractivity contribution in [1.29, 1.82) is 0 Å². The number of carbonyl (C=O) groups is 2. The van der Waals surface area contributed by atoms with Crippen molar-refractivity contribution < 1.29 is 18.4 Å². The van der Waals surface area contributed by atoms with Gasteiger partial charge in [-0.15, -0.1) is 0 Å². The third kappa shape index (κ3) is 4.69. The molecular formula is C21H29F2N3O2. The van der Waals surface area contributed by atoms with Gasteiger partial charge in [0, 0.05) is 43.4 Å². The maximum atomic E-state index is 13.7. The van der Waals surface area contributed by atoms with Gasteiger partial charge in [0.05, 0.1) is 0 Å². The first kappa shape index (κ1) is 20.7. The Balaban J connectivity index is 1.60. The molecule has 7 heteroatoms. The Hall–Kier alpha value is -2.02. The molecule has 2 saturated heterocycles. The smallest absolute Gasteiger partial charge is 0.225 e. The van der Waals surface area contributed by atoms with Gasteiger partial charge >= 0.3 is 0 Å². The lowest BCUT2D eigenvalue weighted by Crippen LogP contribution is -2.52. The number of rotatable bonds is 4. The summed E-state index contributed by atoms with van der Waals surface area (Å²) in [5.41, 5.74) is 0.711. The predicted molar refractivity (Wildman–Crippen MR) is 103 cm³/mol. The maximum absolute atomic E-state index is 13.7. The van der Waals surface area contributed by atoms with Crippen molar-refractivity contribution in [2.75, 3.05) is 26.2 Å². The number of likely N-dealkylation sites (tertiary alicyclic amines) is 1. The molecule has 2 atom stereocenters. The number of halogens is 2. The van der Waals surface area contributed by atoms with Crippen LogP contribution in [0, 0.1) is 23.5 Å². The summed E-state index contributed by atoms with van der Waals surface area (Å²) in [5, 5.41) is 6.38. The fourth-order valence-electron chi connectivity index (χ4n) is 4.18. The van der Waals surface area contributed by atoms with E-state index < -0.39 is 11.6 Å². The van der Waals surface area contributed by atoms with Crippen LogP contribution in [0.25, 0.3) is 0 Å². The summed E-state index contributed by atoms with van der Waals surface area (Å²) >= 11 is 0. The van der Waals surface area contributed by atoms with E-state index in [1.165, 1.54) is 6.07 Å². The van der Waals surface area contributed by atoms with Crippen LogP contribution < -0.4 is 10.6 Å². The van der Waals surface area contributed by atoms with Gasteiger partial charge in [0.15, 0.2) is 11.6 Å². The quantitative estimate of drug-likeness (QED) is 0.826. The Morgan fingerprint density at radius 1 is 1.14 bits per heavy atom. The van der Waals surface area contributed by atoms with Crippen molar-refractivity contribution in [2.45, 2.75) is 45.1 Å². The first-order chi connectivity index (χ1) is 13.4. The molecule has 2 unspecified atom stereocenters. The molecule has 2 N–H and O–H groups in total. The topological polar surface area (TPSA) is 61.4 Å². The van der Waals surface area contributed by atoms with E-state index in [4.69, 9.17) is 0 Å². The predicted octanol–water partition coefficient (Wildman–Crippen LogP) is 2.42. The van der Waals surface area contributed by atoms with Crippen LogP contribution in [0.3, 0.4) is 0 Å². The Kier molecular flexibility index (Phi) is 6.65. The maximum Gasteiger partial charge on any atom is 0.225 e. The van der Waals surface area contributed by atoms with Crippen LogP contribution in [0.2, 0.25) is 0 Å². The van der Waals surface area contributed by atoms with Crippen LogP contribution in [0.1, 0.15) is 44.6 Å². The molecule has 0 saturated carbocycles. The van der Waals surface area contributed by atoms with Gasteiger partial charge in [-0.05, 0) is 43.5 Å². The molecular weight excluding hydrogens is 364 g/mol. The van der Waals surface area contributed by atoms with E-state index in [2.05, 4.69) is 10.6 Å². The van der Waals surface area contributed by atoms with E-state index in [1.807, 2.05) is 18.7 Å². The highest BCUT2D eigenvalue weighted by atomic mass is 19.2. The van der Waals surface area contributed by atoms with Crippen LogP contribution in [0.15, 0.2) is 18.2 Å². The third-order valence-electron chi connectivity index (χ3n) is 5.85. The number of nitrogens with one attached hydrogen (secondary N) is 2. The average Bonchev–Trinajstić information content (AvgIpc) is 2.70. The third-order valence-corrected chi connectivity index (χ3v) is 5.85. The van der Waals surface area contributed by atoms with E-state index in [-0.39, 0.29) is 35.6 Å². The lowest BCUT2D eigenvalue weighted by molar-refractivity contribution is -0.138. The first-order valence-corrected chi connectivity index (χ1v) is 10.1. The second-order valence-corrected chi connectivity index (χ2v) is 8.14. The van der Waals surface area contributed by atoms with Crippen molar-refractivity contribution in [2.24, 2.45) is 11.8 Å². The molecule has 3 rings (SSSR count). The molecule has 0 radical (unpaired) electrons. The van der Waals surface area contributed by atoms with Gasteiger partial charge in [-0.1, -0.05) is 19.9 Å². The van der Waals surface area contributed by atoms with Gasteiger partial charge in [0.25, 0.3) is 0 Å².